The molecule has 0 aliphatic rings. The van der Waals surface area contributed by atoms with Crippen LogP contribution < -0.4 is 5.48 Å². The molecule has 1 aromatic carbocycles. The van der Waals surface area contributed by atoms with E-state index in [9.17, 15) is 4.79 Å². The Balaban J connectivity index is 2.39. The fourth-order valence-electron chi connectivity index (χ4n) is 4.67. The zero-order valence-corrected chi connectivity index (χ0v) is 21.1. The predicted molar refractivity (Wildman–Crippen MR) is 133 cm³/mol. The van der Waals surface area contributed by atoms with Crippen LogP contribution in [0, 0.1) is 11.3 Å². The highest BCUT2D eigenvalue weighted by molar-refractivity contribution is 5.91. The van der Waals surface area contributed by atoms with Gasteiger partial charge in [0, 0.05) is 37.7 Å². The normalized spacial score (nSPS) is 13.8. The van der Waals surface area contributed by atoms with Crippen LogP contribution in [0.15, 0.2) is 24.3 Å². The van der Waals surface area contributed by atoms with Crippen LogP contribution in [0.3, 0.4) is 0 Å². The van der Waals surface area contributed by atoms with Gasteiger partial charge in [-0.25, -0.2) is 10.5 Å². The Morgan fingerprint density at radius 1 is 1.19 bits per heavy atom. The Bertz CT molecular complexity index is 914. The van der Waals surface area contributed by atoms with Crippen molar-refractivity contribution in [2.45, 2.75) is 86.9 Å². The van der Waals surface area contributed by atoms with E-state index < -0.39 is 5.91 Å². The fourth-order valence-corrected chi connectivity index (χ4v) is 4.67. The van der Waals surface area contributed by atoms with E-state index in [1.54, 1.807) is 11.6 Å². The minimum absolute atomic E-state index is 0.285. The molecule has 0 saturated heterocycles. The van der Waals surface area contributed by atoms with Crippen LogP contribution in [-0.2, 0) is 17.8 Å². The molecule has 1 amide bonds. The topological polar surface area (TPSA) is 70.4 Å². The van der Waals surface area contributed by atoms with Crippen molar-refractivity contribution < 1.29 is 10.0 Å². The molecule has 0 bridgehead atoms. The van der Waals surface area contributed by atoms with E-state index in [0.29, 0.717) is 18.0 Å². The lowest BCUT2D eigenvalue weighted by atomic mass is 9.84. The summed E-state index contributed by atoms with van der Waals surface area (Å²) >= 11 is 0. The molecular formula is C26H42N4O2. The SMILES string of the molecule is CC(Cc1nc2cc(C=CC(=O)NO)ccc2n1CCN(C(C)C)C(C)C)CC(C)(C)C. The number of nitrogens with one attached hydrogen (secondary N) is 1. The summed E-state index contributed by atoms with van der Waals surface area (Å²) in [5.41, 5.74) is 4.85. The number of hydroxylamine groups is 1. The van der Waals surface area contributed by atoms with E-state index in [1.807, 2.05) is 12.1 Å². The van der Waals surface area contributed by atoms with Gasteiger partial charge in [-0.3, -0.25) is 14.9 Å². The van der Waals surface area contributed by atoms with Crippen LogP contribution >= 0.6 is 0 Å². The van der Waals surface area contributed by atoms with Crippen LogP contribution in [-0.4, -0.2) is 44.2 Å². The number of carbonyl (C=O) groups excluding carboxylic acids is 1. The molecule has 2 N–H and O–H groups in total. The minimum atomic E-state index is -0.546. The van der Waals surface area contributed by atoms with E-state index in [0.717, 1.165) is 48.4 Å². The number of hydrogen-bond acceptors (Lipinski definition) is 4. The van der Waals surface area contributed by atoms with Crippen molar-refractivity contribution in [1.82, 2.24) is 19.9 Å². The van der Waals surface area contributed by atoms with Crippen LogP contribution in [0.4, 0.5) is 0 Å². The maximum absolute atomic E-state index is 11.3. The molecule has 2 aromatic rings. The zero-order chi connectivity index (χ0) is 24.1. The lowest BCUT2D eigenvalue weighted by molar-refractivity contribution is -0.124. The van der Waals surface area contributed by atoms with Crippen molar-refractivity contribution in [3.63, 3.8) is 0 Å². The first-order chi connectivity index (χ1) is 14.9. The van der Waals surface area contributed by atoms with Crippen LogP contribution in [0.25, 0.3) is 17.1 Å². The van der Waals surface area contributed by atoms with Crippen molar-refractivity contribution in [1.29, 1.82) is 0 Å². The molecule has 0 saturated carbocycles. The van der Waals surface area contributed by atoms with Crippen molar-refractivity contribution in [3.8, 4) is 0 Å². The number of hydrogen-bond donors (Lipinski definition) is 2. The summed E-state index contributed by atoms with van der Waals surface area (Å²) in [6.45, 7) is 20.0. The fraction of sp³-hybridized carbons (Fsp3) is 0.615. The Morgan fingerprint density at radius 3 is 2.41 bits per heavy atom. The maximum atomic E-state index is 11.3. The first-order valence-electron chi connectivity index (χ1n) is 11.8. The van der Waals surface area contributed by atoms with Gasteiger partial charge in [0.2, 0.25) is 0 Å². The molecule has 6 nitrogen and oxygen atoms in total. The summed E-state index contributed by atoms with van der Waals surface area (Å²) in [5, 5.41) is 8.70. The largest absolute Gasteiger partial charge is 0.327 e. The van der Waals surface area contributed by atoms with Crippen LogP contribution in [0.5, 0.6) is 0 Å². The summed E-state index contributed by atoms with van der Waals surface area (Å²) in [6.07, 6.45) is 5.08. The predicted octanol–water partition coefficient (Wildman–Crippen LogP) is 5.29. The highest BCUT2D eigenvalue weighted by Gasteiger charge is 2.20. The number of carbonyl (C=O) groups is 1. The van der Waals surface area contributed by atoms with Gasteiger partial charge < -0.3 is 4.57 Å². The summed E-state index contributed by atoms with van der Waals surface area (Å²) in [4.78, 5) is 18.9. The van der Waals surface area contributed by atoms with Crippen LogP contribution in [0.2, 0.25) is 0 Å². The minimum Gasteiger partial charge on any atom is -0.327 e. The molecule has 0 aliphatic heterocycles. The molecule has 2 rings (SSSR count). The highest BCUT2D eigenvalue weighted by atomic mass is 16.5. The quantitative estimate of drug-likeness (QED) is 0.298. The van der Waals surface area contributed by atoms with Gasteiger partial charge in [0.15, 0.2) is 0 Å². The zero-order valence-electron chi connectivity index (χ0n) is 21.1. The van der Waals surface area contributed by atoms with Gasteiger partial charge in [-0.1, -0.05) is 33.8 Å². The molecule has 0 spiro atoms. The number of benzene rings is 1. The number of rotatable bonds is 10. The highest BCUT2D eigenvalue weighted by Crippen LogP contribution is 2.28. The molecule has 1 atom stereocenters. The Kier molecular flexibility index (Phi) is 9.05. The average Bonchev–Trinajstić information content (AvgIpc) is 3.00. The number of amides is 1. The third kappa shape index (κ3) is 7.45. The second-order valence-corrected chi connectivity index (χ2v) is 10.7. The second-order valence-electron chi connectivity index (χ2n) is 10.7. The summed E-state index contributed by atoms with van der Waals surface area (Å²) < 4.78 is 2.38. The van der Waals surface area contributed by atoms with Gasteiger partial charge >= 0.3 is 0 Å². The number of imidazole rings is 1. The first kappa shape index (κ1) is 26.1. The molecule has 0 aliphatic carbocycles. The third-order valence-electron chi connectivity index (χ3n) is 5.79. The van der Waals surface area contributed by atoms with Gasteiger partial charge in [-0.05, 0) is 69.2 Å². The van der Waals surface area contributed by atoms with Gasteiger partial charge in [-0.15, -0.1) is 0 Å². The molecule has 178 valence electrons. The molecule has 1 aromatic heterocycles. The Labute approximate surface area is 193 Å². The molecule has 6 heteroatoms. The molecule has 0 fully saturated rings. The second kappa shape index (κ2) is 11.1. The summed E-state index contributed by atoms with van der Waals surface area (Å²) in [6, 6.07) is 7.07. The van der Waals surface area contributed by atoms with E-state index >= 15 is 0 Å². The van der Waals surface area contributed by atoms with Gasteiger partial charge in [0.25, 0.3) is 5.91 Å². The van der Waals surface area contributed by atoms with E-state index in [-0.39, 0.29) is 5.41 Å². The van der Waals surface area contributed by atoms with Crippen molar-refractivity contribution >= 4 is 23.0 Å². The van der Waals surface area contributed by atoms with E-state index in [2.05, 4.69) is 70.9 Å². The summed E-state index contributed by atoms with van der Waals surface area (Å²) in [7, 11) is 0. The van der Waals surface area contributed by atoms with E-state index in [1.165, 1.54) is 6.08 Å². The summed E-state index contributed by atoms with van der Waals surface area (Å²) in [5.74, 6) is 1.11. The van der Waals surface area contributed by atoms with Gasteiger partial charge in [-0.2, -0.15) is 0 Å². The molecule has 1 unspecified atom stereocenters. The van der Waals surface area contributed by atoms with Crippen molar-refractivity contribution in [2.24, 2.45) is 11.3 Å². The van der Waals surface area contributed by atoms with Crippen molar-refractivity contribution in [2.75, 3.05) is 6.54 Å². The molecule has 1 heterocycles. The maximum Gasteiger partial charge on any atom is 0.267 e. The monoisotopic (exact) mass is 442 g/mol. The number of fused-ring (bicyclic) bond motifs is 1. The standard InChI is InChI=1S/C26H42N4O2/c1-18(2)29(19(3)4)13-14-30-23-11-9-21(10-12-25(31)28-32)16-22(23)27-24(30)15-20(5)17-26(6,7)8/h9-12,16,18-20,32H,13-15,17H2,1-8H3,(H,28,31). The van der Waals surface area contributed by atoms with Gasteiger partial charge in [0.05, 0.1) is 11.0 Å². The first-order valence-corrected chi connectivity index (χ1v) is 11.8. The van der Waals surface area contributed by atoms with Crippen molar-refractivity contribution in [3.05, 3.63) is 35.7 Å². The molecular weight excluding hydrogens is 400 g/mol. The Hall–Kier alpha value is -2.18. The lowest BCUT2D eigenvalue weighted by Gasteiger charge is -2.31. The number of nitrogens with zero attached hydrogens (tertiary/aromatic N) is 3. The lowest BCUT2D eigenvalue weighted by Crippen LogP contribution is -2.39. The number of aromatic nitrogens is 2. The molecule has 32 heavy (non-hydrogen) atoms. The van der Waals surface area contributed by atoms with E-state index in [4.69, 9.17) is 10.2 Å². The Morgan fingerprint density at radius 2 is 1.84 bits per heavy atom. The smallest absolute Gasteiger partial charge is 0.267 e. The van der Waals surface area contributed by atoms with Gasteiger partial charge in [0.1, 0.15) is 5.82 Å². The third-order valence-corrected chi connectivity index (χ3v) is 5.79. The average molecular weight is 443 g/mol. The van der Waals surface area contributed by atoms with Crippen LogP contribution in [0.1, 0.15) is 73.2 Å². The molecule has 0 radical (unpaired) electrons.